The number of methoxy groups -OCH3 is 2. The van der Waals surface area contributed by atoms with Gasteiger partial charge >= 0.3 is 0 Å². The second-order valence-corrected chi connectivity index (χ2v) is 4.16. The third-order valence-electron chi connectivity index (χ3n) is 2.85. The number of carbonyl (C=O) groups excluding carboxylic acids is 1. The number of nitrogens with one attached hydrogen (secondary N) is 1. The molecule has 1 aromatic carbocycles. The van der Waals surface area contributed by atoms with E-state index in [-0.39, 0.29) is 22.9 Å². The first-order valence-corrected chi connectivity index (χ1v) is 6.19. The van der Waals surface area contributed by atoms with Gasteiger partial charge < -0.3 is 14.8 Å². The summed E-state index contributed by atoms with van der Waals surface area (Å²) in [5.74, 6) is -0.0941. The molecule has 114 valence electrons. The number of benzene rings is 1. The molecule has 2 aromatic rings. The van der Waals surface area contributed by atoms with E-state index in [1.807, 2.05) is 0 Å². The van der Waals surface area contributed by atoms with Crippen LogP contribution in [-0.2, 0) is 0 Å². The lowest BCUT2D eigenvalue weighted by Gasteiger charge is -2.11. The minimum absolute atomic E-state index is 0.131. The minimum Gasteiger partial charge on any atom is -0.494 e. The molecule has 1 N–H and O–H groups in total. The van der Waals surface area contributed by atoms with Gasteiger partial charge in [0.2, 0.25) is 5.88 Å². The monoisotopic (exact) mass is 303 g/mol. The molecule has 1 heterocycles. The Morgan fingerprint density at radius 3 is 2.68 bits per heavy atom. The SMILES string of the molecule is COc1cc([N+](=O)[O-])ccc1NC(=O)c1cccnc1OC. The molecule has 0 spiro atoms. The summed E-state index contributed by atoms with van der Waals surface area (Å²) in [5, 5.41) is 13.4. The number of pyridine rings is 1. The Hall–Kier alpha value is -3.16. The van der Waals surface area contributed by atoms with E-state index in [0.717, 1.165) is 0 Å². The van der Waals surface area contributed by atoms with E-state index < -0.39 is 10.8 Å². The van der Waals surface area contributed by atoms with Crippen LogP contribution in [0.25, 0.3) is 0 Å². The van der Waals surface area contributed by atoms with Crippen LogP contribution in [0.4, 0.5) is 11.4 Å². The van der Waals surface area contributed by atoms with Crippen molar-refractivity contribution >= 4 is 17.3 Å². The Morgan fingerprint density at radius 1 is 1.27 bits per heavy atom. The number of nitrogens with zero attached hydrogens (tertiary/aromatic N) is 2. The molecule has 0 bridgehead atoms. The maximum absolute atomic E-state index is 12.3. The third kappa shape index (κ3) is 3.11. The number of amides is 1. The van der Waals surface area contributed by atoms with E-state index in [1.54, 1.807) is 12.1 Å². The molecule has 0 saturated heterocycles. The van der Waals surface area contributed by atoms with Crippen molar-refractivity contribution in [1.82, 2.24) is 4.98 Å². The van der Waals surface area contributed by atoms with Crippen LogP contribution >= 0.6 is 0 Å². The Bertz CT molecular complexity index is 717. The molecule has 0 radical (unpaired) electrons. The van der Waals surface area contributed by atoms with E-state index in [0.29, 0.717) is 5.69 Å². The number of hydrogen-bond acceptors (Lipinski definition) is 6. The standard InChI is InChI=1S/C14H13N3O5/c1-21-12-8-9(17(19)20)5-6-11(12)16-13(18)10-4-3-7-15-14(10)22-2/h3-8H,1-2H3,(H,16,18). The Labute approximate surface area is 125 Å². The van der Waals surface area contributed by atoms with Crippen LogP contribution in [0.3, 0.4) is 0 Å². The Balaban J connectivity index is 2.30. The molecule has 8 nitrogen and oxygen atoms in total. The van der Waals surface area contributed by atoms with Crippen molar-refractivity contribution in [1.29, 1.82) is 0 Å². The van der Waals surface area contributed by atoms with Gasteiger partial charge in [0.25, 0.3) is 11.6 Å². The summed E-state index contributed by atoms with van der Waals surface area (Å²) in [7, 11) is 2.77. The predicted molar refractivity (Wildman–Crippen MR) is 78.4 cm³/mol. The van der Waals surface area contributed by atoms with Crippen molar-refractivity contribution in [3.05, 3.63) is 52.2 Å². The molecule has 0 saturated carbocycles. The fourth-order valence-electron chi connectivity index (χ4n) is 1.81. The molecule has 2 rings (SSSR count). The summed E-state index contributed by atoms with van der Waals surface area (Å²) < 4.78 is 10.1. The van der Waals surface area contributed by atoms with Crippen molar-refractivity contribution in [2.75, 3.05) is 19.5 Å². The highest BCUT2D eigenvalue weighted by Gasteiger charge is 2.17. The normalized spacial score (nSPS) is 9.91. The number of ether oxygens (including phenoxy) is 2. The molecule has 0 aliphatic rings. The lowest BCUT2D eigenvalue weighted by atomic mass is 10.2. The van der Waals surface area contributed by atoms with Crippen LogP contribution in [-0.4, -0.2) is 30.0 Å². The highest BCUT2D eigenvalue weighted by molar-refractivity contribution is 6.06. The van der Waals surface area contributed by atoms with Crippen LogP contribution in [0.2, 0.25) is 0 Å². The van der Waals surface area contributed by atoms with E-state index >= 15 is 0 Å². The van der Waals surface area contributed by atoms with Gasteiger partial charge in [-0.15, -0.1) is 0 Å². The third-order valence-corrected chi connectivity index (χ3v) is 2.85. The summed E-state index contributed by atoms with van der Waals surface area (Å²) in [6.45, 7) is 0. The first-order chi connectivity index (χ1) is 10.6. The van der Waals surface area contributed by atoms with Crippen molar-refractivity contribution in [3.63, 3.8) is 0 Å². The second kappa shape index (κ2) is 6.53. The van der Waals surface area contributed by atoms with Crippen molar-refractivity contribution in [2.24, 2.45) is 0 Å². The molecule has 0 aliphatic carbocycles. The molecule has 0 atom stereocenters. The number of hydrogen-bond donors (Lipinski definition) is 1. The Morgan fingerprint density at radius 2 is 2.05 bits per heavy atom. The van der Waals surface area contributed by atoms with Crippen molar-refractivity contribution in [2.45, 2.75) is 0 Å². The second-order valence-electron chi connectivity index (χ2n) is 4.16. The lowest BCUT2D eigenvalue weighted by Crippen LogP contribution is -2.14. The number of nitro benzene ring substituents is 1. The number of rotatable bonds is 5. The summed E-state index contributed by atoms with van der Waals surface area (Å²) >= 11 is 0. The van der Waals surface area contributed by atoms with Crippen LogP contribution in [0.1, 0.15) is 10.4 Å². The fourth-order valence-corrected chi connectivity index (χ4v) is 1.81. The zero-order valence-corrected chi connectivity index (χ0v) is 11.9. The molecule has 1 aromatic heterocycles. The van der Waals surface area contributed by atoms with E-state index in [2.05, 4.69) is 10.3 Å². The van der Waals surface area contributed by atoms with Gasteiger partial charge in [-0.3, -0.25) is 14.9 Å². The molecular weight excluding hydrogens is 290 g/mol. The van der Waals surface area contributed by atoms with Crippen molar-refractivity contribution < 1.29 is 19.2 Å². The summed E-state index contributed by atoms with van der Waals surface area (Å²) in [6, 6.07) is 7.07. The number of aromatic nitrogens is 1. The number of nitro groups is 1. The maximum atomic E-state index is 12.3. The highest BCUT2D eigenvalue weighted by Crippen LogP contribution is 2.29. The number of carbonyl (C=O) groups is 1. The quantitative estimate of drug-likeness (QED) is 0.671. The first-order valence-electron chi connectivity index (χ1n) is 6.19. The van der Waals surface area contributed by atoms with Gasteiger partial charge in [-0.25, -0.2) is 4.98 Å². The lowest BCUT2D eigenvalue weighted by molar-refractivity contribution is -0.384. The van der Waals surface area contributed by atoms with Gasteiger partial charge in [0, 0.05) is 12.3 Å². The average molecular weight is 303 g/mol. The fraction of sp³-hybridized carbons (Fsp3) is 0.143. The van der Waals surface area contributed by atoms with Crippen molar-refractivity contribution in [3.8, 4) is 11.6 Å². The van der Waals surface area contributed by atoms with Crippen LogP contribution in [0, 0.1) is 10.1 Å². The molecular formula is C14H13N3O5. The van der Waals surface area contributed by atoms with Gasteiger partial charge in [0.15, 0.2) is 0 Å². The topological polar surface area (TPSA) is 104 Å². The summed E-state index contributed by atoms with van der Waals surface area (Å²) in [5.41, 5.74) is 0.420. The summed E-state index contributed by atoms with van der Waals surface area (Å²) in [4.78, 5) is 26.4. The maximum Gasteiger partial charge on any atom is 0.273 e. The first kappa shape index (κ1) is 15.2. The van der Waals surface area contributed by atoms with Gasteiger partial charge in [-0.05, 0) is 18.2 Å². The highest BCUT2D eigenvalue weighted by atomic mass is 16.6. The Kier molecular flexibility index (Phi) is 4.52. The predicted octanol–water partition coefficient (Wildman–Crippen LogP) is 2.26. The molecule has 22 heavy (non-hydrogen) atoms. The smallest absolute Gasteiger partial charge is 0.273 e. The van der Waals surface area contributed by atoms with Crippen LogP contribution < -0.4 is 14.8 Å². The van der Waals surface area contributed by atoms with Crippen LogP contribution in [0.5, 0.6) is 11.6 Å². The average Bonchev–Trinajstić information content (AvgIpc) is 2.54. The number of non-ortho nitro benzene ring substituents is 1. The molecule has 8 heteroatoms. The molecule has 0 aliphatic heterocycles. The number of anilines is 1. The molecule has 1 amide bonds. The molecule has 0 unspecified atom stereocenters. The zero-order valence-electron chi connectivity index (χ0n) is 11.9. The summed E-state index contributed by atoms with van der Waals surface area (Å²) in [6.07, 6.45) is 1.50. The van der Waals surface area contributed by atoms with Gasteiger partial charge in [0.05, 0.1) is 30.9 Å². The minimum atomic E-state index is -0.543. The van der Waals surface area contributed by atoms with E-state index in [4.69, 9.17) is 9.47 Å². The molecule has 0 fully saturated rings. The van der Waals surface area contributed by atoms with Gasteiger partial charge in [-0.2, -0.15) is 0 Å². The van der Waals surface area contributed by atoms with Gasteiger partial charge in [0.1, 0.15) is 11.3 Å². The van der Waals surface area contributed by atoms with E-state index in [9.17, 15) is 14.9 Å². The zero-order chi connectivity index (χ0) is 16.1. The van der Waals surface area contributed by atoms with Gasteiger partial charge in [-0.1, -0.05) is 0 Å². The largest absolute Gasteiger partial charge is 0.494 e. The van der Waals surface area contributed by atoms with E-state index in [1.165, 1.54) is 38.6 Å². The van der Waals surface area contributed by atoms with Crippen LogP contribution in [0.15, 0.2) is 36.5 Å².